The van der Waals surface area contributed by atoms with Crippen molar-refractivity contribution in [3.8, 4) is 0 Å². The number of hydrogen-bond acceptors (Lipinski definition) is 2. The second-order valence-corrected chi connectivity index (χ2v) is 5.96. The van der Waals surface area contributed by atoms with Crippen molar-refractivity contribution in [2.24, 2.45) is 5.41 Å². The summed E-state index contributed by atoms with van der Waals surface area (Å²) >= 11 is 0. The number of hydrogen-bond donors (Lipinski definition) is 1. The van der Waals surface area contributed by atoms with Gasteiger partial charge in [-0.1, -0.05) is 46.8 Å². The van der Waals surface area contributed by atoms with E-state index in [4.69, 9.17) is 0 Å². The molecule has 0 atom stereocenters. The van der Waals surface area contributed by atoms with Crippen molar-refractivity contribution in [1.82, 2.24) is 10.2 Å². The summed E-state index contributed by atoms with van der Waals surface area (Å²) in [6.07, 6.45) is 0. The van der Waals surface area contributed by atoms with E-state index in [1.165, 1.54) is 5.57 Å². The van der Waals surface area contributed by atoms with E-state index in [2.05, 4.69) is 58.3 Å². The van der Waals surface area contributed by atoms with E-state index < -0.39 is 0 Å². The van der Waals surface area contributed by atoms with Gasteiger partial charge in [0.2, 0.25) is 0 Å². The van der Waals surface area contributed by atoms with Crippen LogP contribution in [0.4, 0.5) is 0 Å². The summed E-state index contributed by atoms with van der Waals surface area (Å²) in [6, 6.07) is 0.565. The van der Waals surface area contributed by atoms with Crippen LogP contribution in [0.15, 0.2) is 12.2 Å². The molecule has 0 aliphatic rings. The van der Waals surface area contributed by atoms with Gasteiger partial charge in [-0.25, -0.2) is 0 Å². The Hall–Kier alpha value is -0.340. The Morgan fingerprint density at radius 2 is 1.94 bits per heavy atom. The lowest BCUT2D eigenvalue weighted by atomic mass is 9.92. The molecular formula is C14H30N2. The van der Waals surface area contributed by atoms with E-state index in [1.54, 1.807) is 0 Å². The van der Waals surface area contributed by atoms with Crippen molar-refractivity contribution in [3.63, 3.8) is 0 Å². The molecule has 2 heteroatoms. The molecule has 0 radical (unpaired) electrons. The first-order chi connectivity index (χ1) is 7.26. The minimum absolute atomic E-state index is 0.315. The number of likely N-dealkylation sites (N-methyl/N-ethyl adjacent to an activating group) is 1. The van der Waals surface area contributed by atoms with Gasteiger partial charge in [-0.2, -0.15) is 0 Å². The summed E-state index contributed by atoms with van der Waals surface area (Å²) in [5, 5.41) is 3.52. The molecule has 0 aromatic heterocycles. The predicted octanol–water partition coefficient (Wildman–Crippen LogP) is 2.91. The third-order valence-corrected chi connectivity index (χ3v) is 2.58. The van der Waals surface area contributed by atoms with Crippen molar-refractivity contribution >= 4 is 0 Å². The van der Waals surface area contributed by atoms with Crippen LogP contribution in [-0.2, 0) is 0 Å². The standard InChI is InChI=1S/C14H30N2/c1-8-16(9-12(2)3)11-14(6,7)10-15-13(4)5/h13,15H,2,8-11H2,1,3-7H3. The van der Waals surface area contributed by atoms with Gasteiger partial charge < -0.3 is 5.32 Å². The molecule has 0 heterocycles. The molecule has 96 valence electrons. The van der Waals surface area contributed by atoms with Crippen LogP contribution in [0.5, 0.6) is 0 Å². The van der Waals surface area contributed by atoms with Crippen LogP contribution in [0.25, 0.3) is 0 Å². The van der Waals surface area contributed by atoms with Gasteiger partial charge in [-0.15, -0.1) is 0 Å². The highest BCUT2D eigenvalue weighted by Crippen LogP contribution is 2.16. The molecule has 1 N–H and O–H groups in total. The van der Waals surface area contributed by atoms with Gasteiger partial charge in [0.05, 0.1) is 0 Å². The van der Waals surface area contributed by atoms with E-state index in [1.807, 2.05) is 0 Å². The Kier molecular flexibility index (Phi) is 6.93. The third kappa shape index (κ3) is 7.89. The van der Waals surface area contributed by atoms with Gasteiger partial charge in [0, 0.05) is 25.7 Å². The van der Waals surface area contributed by atoms with E-state index in [0.717, 1.165) is 26.2 Å². The fourth-order valence-corrected chi connectivity index (χ4v) is 1.80. The Bertz CT molecular complexity index is 207. The topological polar surface area (TPSA) is 15.3 Å². The van der Waals surface area contributed by atoms with Crippen LogP contribution >= 0.6 is 0 Å². The van der Waals surface area contributed by atoms with Gasteiger partial charge in [0.1, 0.15) is 0 Å². The van der Waals surface area contributed by atoms with Crippen LogP contribution < -0.4 is 5.32 Å². The fourth-order valence-electron chi connectivity index (χ4n) is 1.80. The molecule has 0 spiro atoms. The first-order valence-corrected chi connectivity index (χ1v) is 6.37. The minimum atomic E-state index is 0.315. The highest BCUT2D eigenvalue weighted by atomic mass is 15.1. The lowest BCUT2D eigenvalue weighted by molar-refractivity contribution is 0.189. The van der Waals surface area contributed by atoms with Crippen LogP contribution in [0, 0.1) is 5.41 Å². The number of rotatable bonds is 8. The van der Waals surface area contributed by atoms with Crippen LogP contribution in [0.3, 0.4) is 0 Å². The Morgan fingerprint density at radius 3 is 2.31 bits per heavy atom. The van der Waals surface area contributed by atoms with Crippen molar-refractivity contribution < 1.29 is 0 Å². The molecule has 0 bridgehead atoms. The zero-order valence-electron chi connectivity index (χ0n) is 12.1. The molecule has 0 amide bonds. The predicted molar refractivity (Wildman–Crippen MR) is 73.8 cm³/mol. The second kappa shape index (κ2) is 7.08. The molecular weight excluding hydrogens is 196 g/mol. The number of nitrogens with one attached hydrogen (secondary N) is 1. The van der Waals surface area contributed by atoms with Crippen LogP contribution in [-0.4, -0.2) is 37.1 Å². The highest BCUT2D eigenvalue weighted by molar-refractivity contribution is 4.92. The first-order valence-electron chi connectivity index (χ1n) is 6.37. The molecule has 0 unspecified atom stereocenters. The molecule has 0 aromatic carbocycles. The highest BCUT2D eigenvalue weighted by Gasteiger charge is 2.21. The summed E-state index contributed by atoms with van der Waals surface area (Å²) < 4.78 is 0. The average molecular weight is 226 g/mol. The molecule has 2 nitrogen and oxygen atoms in total. The first kappa shape index (κ1) is 15.7. The van der Waals surface area contributed by atoms with Crippen LogP contribution in [0.1, 0.15) is 41.5 Å². The normalized spacial score (nSPS) is 12.5. The van der Waals surface area contributed by atoms with Gasteiger partial charge in [-0.05, 0) is 18.9 Å². The summed E-state index contributed by atoms with van der Waals surface area (Å²) in [6.45, 7) is 21.6. The van der Waals surface area contributed by atoms with Crippen molar-refractivity contribution in [2.45, 2.75) is 47.6 Å². The summed E-state index contributed by atoms with van der Waals surface area (Å²) in [4.78, 5) is 2.46. The second-order valence-electron chi connectivity index (χ2n) is 5.96. The maximum atomic E-state index is 3.99. The Labute approximate surface area is 102 Å². The van der Waals surface area contributed by atoms with Crippen molar-refractivity contribution in [1.29, 1.82) is 0 Å². The Morgan fingerprint density at radius 1 is 1.38 bits per heavy atom. The van der Waals surface area contributed by atoms with Gasteiger partial charge in [0.25, 0.3) is 0 Å². The lowest BCUT2D eigenvalue weighted by Crippen LogP contribution is -2.42. The SMILES string of the molecule is C=C(C)CN(CC)CC(C)(C)CNC(C)C. The van der Waals surface area contributed by atoms with Gasteiger partial charge in [-0.3, -0.25) is 4.90 Å². The van der Waals surface area contributed by atoms with E-state index in [9.17, 15) is 0 Å². The quantitative estimate of drug-likeness (QED) is 0.640. The zero-order valence-corrected chi connectivity index (χ0v) is 12.1. The van der Waals surface area contributed by atoms with Crippen molar-refractivity contribution in [3.05, 3.63) is 12.2 Å². The largest absolute Gasteiger partial charge is 0.314 e. The summed E-state index contributed by atoms with van der Waals surface area (Å²) in [5.74, 6) is 0. The Balaban J connectivity index is 4.14. The van der Waals surface area contributed by atoms with Gasteiger partial charge in [0.15, 0.2) is 0 Å². The maximum absolute atomic E-state index is 3.99. The zero-order chi connectivity index (χ0) is 12.8. The van der Waals surface area contributed by atoms with E-state index in [-0.39, 0.29) is 0 Å². The van der Waals surface area contributed by atoms with Gasteiger partial charge >= 0.3 is 0 Å². The fraction of sp³-hybridized carbons (Fsp3) is 0.857. The van der Waals surface area contributed by atoms with E-state index >= 15 is 0 Å². The van der Waals surface area contributed by atoms with Crippen molar-refractivity contribution in [2.75, 3.05) is 26.2 Å². The maximum Gasteiger partial charge on any atom is 0.0187 e. The molecule has 0 fully saturated rings. The smallest absolute Gasteiger partial charge is 0.0187 e. The van der Waals surface area contributed by atoms with Crippen LogP contribution in [0.2, 0.25) is 0 Å². The molecule has 16 heavy (non-hydrogen) atoms. The monoisotopic (exact) mass is 226 g/mol. The van der Waals surface area contributed by atoms with E-state index in [0.29, 0.717) is 11.5 Å². The molecule has 0 rings (SSSR count). The average Bonchev–Trinajstić information content (AvgIpc) is 2.13. The molecule has 0 saturated carbocycles. The molecule has 0 aliphatic carbocycles. The minimum Gasteiger partial charge on any atom is -0.314 e. The molecule has 0 aromatic rings. The third-order valence-electron chi connectivity index (χ3n) is 2.58. The summed E-state index contributed by atoms with van der Waals surface area (Å²) in [7, 11) is 0. The molecule has 0 saturated heterocycles. The lowest BCUT2D eigenvalue weighted by Gasteiger charge is -2.33. The molecule has 0 aliphatic heterocycles. The summed E-state index contributed by atoms with van der Waals surface area (Å²) in [5.41, 5.74) is 1.56. The number of nitrogens with zero attached hydrogens (tertiary/aromatic N) is 1.